The van der Waals surface area contributed by atoms with Gasteiger partial charge in [-0.2, -0.15) is 5.12 Å². The molecule has 0 unspecified atom stereocenters. The van der Waals surface area contributed by atoms with Gasteiger partial charge in [0, 0.05) is 13.3 Å². The maximum absolute atomic E-state index is 12.1. The molecule has 0 spiro atoms. The number of piperidine rings is 1. The van der Waals surface area contributed by atoms with Crippen LogP contribution in [0.15, 0.2) is 0 Å². The number of hydrogen-bond acceptors (Lipinski definition) is 2. The summed E-state index contributed by atoms with van der Waals surface area (Å²) < 4.78 is 12.1. The molecule has 1 heterocycles. The van der Waals surface area contributed by atoms with E-state index in [0.717, 1.165) is 19.8 Å². The van der Waals surface area contributed by atoms with Gasteiger partial charge in [-0.1, -0.05) is 4.48 Å². The van der Waals surface area contributed by atoms with Gasteiger partial charge in [-0.15, -0.1) is 0 Å². The highest BCUT2D eigenvalue weighted by Gasteiger charge is 2.16. The van der Waals surface area contributed by atoms with E-state index in [2.05, 4.69) is 0 Å². The lowest BCUT2D eigenvalue weighted by Crippen LogP contribution is -2.27. The molecule has 1 saturated heterocycles. The zero-order chi connectivity index (χ0) is 9.56. The van der Waals surface area contributed by atoms with E-state index in [0.29, 0.717) is 18.1 Å². The van der Waals surface area contributed by atoms with Gasteiger partial charge in [-0.05, 0) is 12.8 Å². The zero-order valence-corrected chi connectivity index (χ0v) is 6.92. The smallest absolute Gasteiger partial charge is 0.300 e. The van der Waals surface area contributed by atoms with Crippen molar-refractivity contribution >= 4 is 11.9 Å². The number of aliphatic carboxylic acids is 1. The van der Waals surface area contributed by atoms with Crippen molar-refractivity contribution in [3.63, 3.8) is 0 Å². The predicted molar refractivity (Wildman–Crippen MR) is 40.0 cm³/mol. The van der Waals surface area contributed by atoms with Gasteiger partial charge in [0.25, 0.3) is 5.97 Å². The molecule has 1 rings (SSSR count). The third-order valence-electron chi connectivity index (χ3n) is 1.27. The summed E-state index contributed by atoms with van der Waals surface area (Å²) >= 11 is 0. The van der Waals surface area contributed by atoms with Crippen LogP contribution in [-0.4, -0.2) is 28.6 Å². The topological polar surface area (TPSA) is 57.6 Å². The summed E-state index contributed by atoms with van der Waals surface area (Å²) in [5.74, 6) is -1.20. The molecule has 1 N–H and O–H groups in total. The summed E-state index contributed by atoms with van der Waals surface area (Å²) in [6.07, 6.45) is 2.04. The molecule has 12 heavy (non-hydrogen) atoms. The van der Waals surface area contributed by atoms with E-state index in [4.69, 9.17) is 9.90 Å². The first-order valence-corrected chi connectivity index (χ1v) is 3.69. The van der Waals surface area contributed by atoms with Gasteiger partial charge in [0.2, 0.25) is 5.91 Å². The van der Waals surface area contributed by atoms with Crippen molar-refractivity contribution in [3.8, 4) is 0 Å². The van der Waals surface area contributed by atoms with Crippen LogP contribution in [0.2, 0.25) is 0 Å². The van der Waals surface area contributed by atoms with Crippen molar-refractivity contribution in [3.05, 3.63) is 0 Å². The first-order valence-electron chi connectivity index (χ1n) is 3.69. The van der Waals surface area contributed by atoms with Gasteiger partial charge in [0.1, 0.15) is 0 Å². The molecule has 5 heteroatoms. The number of nitrogens with zero attached hydrogens (tertiary/aromatic N) is 1. The van der Waals surface area contributed by atoms with Crippen LogP contribution in [0.25, 0.3) is 0 Å². The molecular formula is C7H12FNO3. The third-order valence-corrected chi connectivity index (χ3v) is 1.27. The minimum Gasteiger partial charge on any atom is -0.481 e. The monoisotopic (exact) mass is 177 g/mol. The fourth-order valence-corrected chi connectivity index (χ4v) is 0.773. The van der Waals surface area contributed by atoms with Crippen LogP contribution in [-0.2, 0) is 9.59 Å². The van der Waals surface area contributed by atoms with Crippen molar-refractivity contribution in [2.75, 3.05) is 6.54 Å². The van der Waals surface area contributed by atoms with Crippen LogP contribution in [0.3, 0.4) is 0 Å². The molecule has 1 fully saturated rings. The van der Waals surface area contributed by atoms with Crippen LogP contribution in [0.1, 0.15) is 26.2 Å². The van der Waals surface area contributed by atoms with Gasteiger partial charge >= 0.3 is 0 Å². The zero-order valence-electron chi connectivity index (χ0n) is 6.92. The second kappa shape index (κ2) is 5.51. The van der Waals surface area contributed by atoms with E-state index in [9.17, 15) is 9.28 Å². The number of halogens is 1. The lowest BCUT2D eigenvalue weighted by Gasteiger charge is -2.15. The second-order valence-corrected chi connectivity index (χ2v) is 2.46. The Labute approximate surface area is 69.9 Å². The van der Waals surface area contributed by atoms with Crippen LogP contribution in [0.5, 0.6) is 0 Å². The van der Waals surface area contributed by atoms with E-state index in [1.54, 1.807) is 0 Å². The average Bonchev–Trinajstić information content (AvgIpc) is 1.94. The third kappa shape index (κ3) is 5.64. The Hall–Kier alpha value is -1.13. The molecule has 1 aliphatic rings. The Kier molecular flexibility index (Phi) is 4.99. The molecule has 0 aromatic heterocycles. The van der Waals surface area contributed by atoms with E-state index in [-0.39, 0.29) is 5.91 Å². The normalized spacial score (nSPS) is 16.5. The van der Waals surface area contributed by atoms with Crippen LogP contribution in [0.4, 0.5) is 4.48 Å². The number of rotatable bonds is 0. The summed E-state index contributed by atoms with van der Waals surface area (Å²) in [6, 6.07) is 0. The molecule has 0 saturated carbocycles. The SMILES string of the molecule is CC(=O)O.O=C1CCCCN1F. The molecule has 70 valence electrons. The fourth-order valence-electron chi connectivity index (χ4n) is 0.773. The van der Waals surface area contributed by atoms with Crippen LogP contribution >= 0.6 is 0 Å². The quantitative estimate of drug-likeness (QED) is 0.561. The first-order chi connectivity index (χ1) is 5.54. The van der Waals surface area contributed by atoms with E-state index in [1.165, 1.54) is 0 Å². The van der Waals surface area contributed by atoms with Crippen molar-refractivity contribution in [2.45, 2.75) is 26.2 Å². The molecule has 4 nitrogen and oxygen atoms in total. The summed E-state index contributed by atoms with van der Waals surface area (Å²) in [4.78, 5) is 19.3. The molecule has 0 radical (unpaired) electrons. The molecular weight excluding hydrogens is 165 g/mol. The molecule has 0 aliphatic carbocycles. The van der Waals surface area contributed by atoms with Gasteiger partial charge in [0.05, 0.1) is 6.54 Å². The summed E-state index contributed by atoms with van der Waals surface area (Å²) in [6.45, 7) is 1.37. The number of carbonyl (C=O) groups is 2. The highest BCUT2D eigenvalue weighted by atomic mass is 19.2. The second-order valence-electron chi connectivity index (χ2n) is 2.46. The van der Waals surface area contributed by atoms with Gasteiger partial charge < -0.3 is 5.11 Å². The van der Waals surface area contributed by atoms with Gasteiger partial charge in [-0.25, -0.2) is 0 Å². The van der Waals surface area contributed by atoms with Crippen LogP contribution in [0, 0.1) is 0 Å². The first kappa shape index (κ1) is 10.9. The van der Waals surface area contributed by atoms with Crippen molar-refractivity contribution < 1.29 is 19.2 Å². The Bertz CT molecular complexity index is 168. The highest BCUT2D eigenvalue weighted by Crippen LogP contribution is 2.09. The Morgan fingerprint density at radius 3 is 2.33 bits per heavy atom. The maximum Gasteiger partial charge on any atom is 0.300 e. The van der Waals surface area contributed by atoms with Crippen molar-refractivity contribution in [1.29, 1.82) is 0 Å². The largest absolute Gasteiger partial charge is 0.481 e. The Morgan fingerprint density at radius 2 is 2.08 bits per heavy atom. The molecule has 1 aliphatic heterocycles. The molecule has 0 aromatic rings. The molecule has 0 aromatic carbocycles. The lowest BCUT2D eigenvalue weighted by molar-refractivity contribution is -0.149. The fraction of sp³-hybridized carbons (Fsp3) is 0.714. The minimum absolute atomic E-state index is 0.291. The summed E-state index contributed by atoms with van der Waals surface area (Å²) in [5.41, 5.74) is 0. The van der Waals surface area contributed by atoms with E-state index >= 15 is 0 Å². The Morgan fingerprint density at radius 1 is 1.58 bits per heavy atom. The summed E-state index contributed by atoms with van der Waals surface area (Å²) in [5, 5.41) is 7.71. The van der Waals surface area contributed by atoms with Gasteiger partial charge in [0.15, 0.2) is 0 Å². The highest BCUT2D eigenvalue weighted by molar-refractivity contribution is 5.75. The predicted octanol–water partition coefficient (Wildman–Crippen LogP) is 0.974. The molecule has 0 bridgehead atoms. The van der Waals surface area contributed by atoms with E-state index < -0.39 is 5.97 Å². The number of carboxylic acids is 1. The van der Waals surface area contributed by atoms with Crippen molar-refractivity contribution in [2.24, 2.45) is 0 Å². The van der Waals surface area contributed by atoms with Gasteiger partial charge in [-0.3, -0.25) is 9.59 Å². The number of hydrogen-bond donors (Lipinski definition) is 1. The molecule has 1 amide bonds. The standard InChI is InChI=1S/C5H8FNO.C2H4O2/c6-7-4-2-1-3-5(7)8;1-2(3)4/h1-4H2;1H3,(H,3,4). The number of carbonyl (C=O) groups excluding carboxylic acids is 1. The van der Waals surface area contributed by atoms with Crippen molar-refractivity contribution in [1.82, 2.24) is 5.12 Å². The average molecular weight is 177 g/mol. The maximum atomic E-state index is 12.1. The van der Waals surface area contributed by atoms with Crippen LogP contribution < -0.4 is 0 Å². The summed E-state index contributed by atoms with van der Waals surface area (Å²) in [7, 11) is 0. The minimum atomic E-state index is -0.833. The number of amides is 1. The lowest BCUT2D eigenvalue weighted by atomic mass is 10.2. The molecule has 0 atom stereocenters. The Balaban J connectivity index is 0.000000261. The number of carboxylic acid groups (broad SMARTS) is 1. The van der Waals surface area contributed by atoms with E-state index in [1.807, 2.05) is 0 Å².